The molecule has 0 amide bonds. The van der Waals surface area contributed by atoms with Crippen LogP contribution in [0.1, 0.15) is 32.6 Å². The van der Waals surface area contributed by atoms with Crippen molar-refractivity contribution in [1.29, 1.82) is 0 Å². The molecule has 2 N–H and O–H groups in total. The number of nitrogens with two attached hydrogens (primary N) is 1. The van der Waals surface area contributed by atoms with E-state index in [4.69, 9.17) is 5.73 Å². The van der Waals surface area contributed by atoms with Crippen molar-refractivity contribution in [3.8, 4) is 0 Å². The van der Waals surface area contributed by atoms with Gasteiger partial charge in [-0.05, 0) is 37.3 Å². The van der Waals surface area contributed by atoms with Gasteiger partial charge in [0, 0.05) is 44.5 Å². The number of hydrogen-bond donors (Lipinski definition) is 1. The molecule has 116 valence electrons. The van der Waals surface area contributed by atoms with Crippen LogP contribution in [-0.4, -0.2) is 48.1 Å². The molecule has 1 aromatic rings. The topological polar surface area (TPSA) is 45.4 Å². The van der Waals surface area contributed by atoms with E-state index in [9.17, 15) is 0 Å². The summed E-state index contributed by atoms with van der Waals surface area (Å²) in [5, 5.41) is 0. The van der Waals surface area contributed by atoms with Gasteiger partial charge in [-0.15, -0.1) is 0 Å². The Bertz CT molecular complexity index is 441. The highest BCUT2D eigenvalue weighted by Gasteiger charge is 2.42. The molecular weight excluding hydrogens is 260 g/mol. The fourth-order valence-electron chi connectivity index (χ4n) is 4.12. The molecule has 2 atom stereocenters. The number of anilines is 1. The first-order valence-corrected chi connectivity index (χ1v) is 8.38. The van der Waals surface area contributed by atoms with Gasteiger partial charge in [0.25, 0.3) is 0 Å². The zero-order valence-electron chi connectivity index (χ0n) is 13.2. The second-order valence-corrected chi connectivity index (χ2v) is 6.61. The van der Waals surface area contributed by atoms with E-state index in [0.29, 0.717) is 0 Å². The first-order chi connectivity index (χ1) is 10.3. The van der Waals surface area contributed by atoms with Gasteiger partial charge in [-0.25, -0.2) is 4.98 Å². The molecule has 4 nitrogen and oxygen atoms in total. The summed E-state index contributed by atoms with van der Waals surface area (Å²) in [5.41, 5.74) is 6.47. The summed E-state index contributed by atoms with van der Waals surface area (Å²) in [6.07, 6.45) is 7.12. The molecule has 1 aliphatic carbocycles. The van der Waals surface area contributed by atoms with Gasteiger partial charge in [-0.2, -0.15) is 0 Å². The Balaban J connectivity index is 1.62. The van der Waals surface area contributed by atoms with E-state index < -0.39 is 0 Å². The maximum absolute atomic E-state index is 6.19. The van der Waals surface area contributed by atoms with Crippen LogP contribution >= 0.6 is 0 Å². The Morgan fingerprint density at radius 1 is 1.29 bits per heavy atom. The molecule has 2 heterocycles. The fourth-order valence-corrected chi connectivity index (χ4v) is 4.12. The first-order valence-electron chi connectivity index (χ1n) is 8.38. The molecule has 2 fully saturated rings. The van der Waals surface area contributed by atoms with Crippen molar-refractivity contribution in [3.05, 3.63) is 24.4 Å². The van der Waals surface area contributed by atoms with Gasteiger partial charge in [0.1, 0.15) is 5.82 Å². The quantitative estimate of drug-likeness (QED) is 0.922. The third-order valence-electron chi connectivity index (χ3n) is 5.57. The summed E-state index contributed by atoms with van der Waals surface area (Å²) < 4.78 is 0. The molecule has 0 bridgehead atoms. The Hall–Kier alpha value is -1.13. The molecule has 1 aliphatic heterocycles. The van der Waals surface area contributed by atoms with Crippen molar-refractivity contribution in [2.75, 3.05) is 37.6 Å². The zero-order chi connectivity index (χ0) is 14.7. The van der Waals surface area contributed by atoms with Crippen molar-refractivity contribution in [2.24, 2.45) is 11.7 Å². The lowest BCUT2D eigenvalue weighted by Gasteiger charge is -2.46. The highest BCUT2D eigenvalue weighted by molar-refractivity contribution is 5.38. The summed E-state index contributed by atoms with van der Waals surface area (Å²) in [5.74, 6) is 1.99. The summed E-state index contributed by atoms with van der Waals surface area (Å²) in [7, 11) is 0. The average molecular weight is 288 g/mol. The number of rotatable bonds is 4. The van der Waals surface area contributed by atoms with Crippen LogP contribution in [0.2, 0.25) is 0 Å². The van der Waals surface area contributed by atoms with Crippen LogP contribution in [0.3, 0.4) is 0 Å². The molecule has 2 unspecified atom stereocenters. The Morgan fingerprint density at radius 3 is 2.67 bits per heavy atom. The van der Waals surface area contributed by atoms with Gasteiger partial charge >= 0.3 is 0 Å². The predicted octanol–water partition coefficient (Wildman–Crippen LogP) is 2.11. The molecule has 2 aliphatic rings. The number of nitrogens with zero attached hydrogens (tertiary/aromatic N) is 3. The second-order valence-electron chi connectivity index (χ2n) is 6.61. The monoisotopic (exact) mass is 288 g/mol. The Morgan fingerprint density at radius 2 is 2.10 bits per heavy atom. The maximum atomic E-state index is 6.19. The largest absolute Gasteiger partial charge is 0.354 e. The molecule has 1 saturated heterocycles. The lowest BCUT2D eigenvalue weighted by Crippen LogP contribution is -2.59. The van der Waals surface area contributed by atoms with Gasteiger partial charge in [0.05, 0.1) is 0 Å². The number of hydrogen-bond acceptors (Lipinski definition) is 4. The average Bonchev–Trinajstić information content (AvgIpc) is 3.01. The molecule has 0 aromatic carbocycles. The second kappa shape index (κ2) is 6.32. The highest BCUT2D eigenvalue weighted by atomic mass is 15.3. The lowest BCUT2D eigenvalue weighted by atomic mass is 9.92. The molecule has 1 saturated carbocycles. The van der Waals surface area contributed by atoms with Crippen molar-refractivity contribution >= 4 is 5.82 Å². The molecule has 3 rings (SSSR count). The van der Waals surface area contributed by atoms with Crippen LogP contribution in [0.5, 0.6) is 0 Å². The summed E-state index contributed by atoms with van der Waals surface area (Å²) in [6.45, 7) is 7.49. The Labute approximate surface area is 128 Å². The van der Waals surface area contributed by atoms with E-state index in [1.807, 2.05) is 12.3 Å². The lowest BCUT2D eigenvalue weighted by molar-refractivity contribution is 0.0878. The van der Waals surface area contributed by atoms with E-state index >= 15 is 0 Å². The van der Waals surface area contributed by atoms with Crippen molar-refractivity contribution < 1.29 is 0 Å². The maximum Gasteiger partial charge on any atom is 0.128 e. The van der Waals surface area contributed by atoms with Gasteiger partial charge in [0.2, 0.25) is 0 Å². The molecule has 1 aromatic heterocycles. The minimum absolute atomic E-state index is 0.275. The van der Waals surface area contributed by atoms with Crippen molar-refractivity contribution in [2.45, 2.75) is 38.1 Å². The summed E-state index contributed by atoms with van der Waals surface area (Å²) in [6, 6.07) is 6.16. The number of aromatic nitrogens is 1. The zero-order valence-corrected chi connectivity index (χ0v) is 13.2. The van der Waals surface area contributed by atoms with Gasteiger partial charge in [-0.3, -0.25) is 4.90 Å². The van der Waals surface area contributed by atoms with Crippen LogP contribution in [0.25, 0.3) is 0 Å². The van der Waals surface area contributed by atoms with Gasteiger partial charge in [-0.1, -0.05) is 19.4 Å². The molecular formula is C17H28N4. The SMILES string of the molecule is CCC1CCC(CN)(N2CCN(c3ccccn3)CC2)C1. The van der Waals surface area contributed by atoms with Crippen LogP contribution in [0.15, 0.2) is 24.4 Å². The third-order valence-corrected chi connectivity index (χ3v) is 5.57. The Kier molecular flexibility index (Phi) is 4.45. The van der Waals surface area contributed by atoms with Crippen molar-refractivity contribution in [1.82, 2.24) is 9.88 Å². The summed E-state index contributed by atoms with van der Waals surface area (Å²) in [4.78, 5) is 9.54. The van der Waals surface area contributed by atoms with Gasteiger partial charge in [0.15, 0.2) is 0 Å². The van der Waals surface area contributed by atoms with Crippen LogP contribution in [0.4, 0.5) is 5.82 Å². The van der Waals surface area contributed by atoms with Crippen LogP contribution in [-0.2, 0) is 0 Å². The predicted molar refractivity (Wildman–Crippen MR) is 87.4 cm³/mol. The van der Waals surface area contributed by atoms with E-state index in [1.54, 1.807) is 0 Å². The van der Waals surface area contributed by atoms with Crippen LogP contribution in [0, 0.1) is 5.92 Å². The van der Waals surface area contributed by atoms with Gasteiger partial charge < -0.3 is 10.6 Å². The fraction of sp³-hybridized carbons (Fsp3) is 0.706. The molecule has 0 radical (unpaired) electrons. The van der Waals surface area contributed by atoms with E-state index in [-0.39, 0.29) is 5.54 Å². The smallest absolute Gasteiger partial charge is 0.128 e. The van der Waals surface area contributed by atoms with E-state index in [1.165, 1.54) is 25.7 Å². The number of piperazine rings is 1. The third kappa shape index (κ3) is 2.92. The standard InChI is InChI=1S/C17H28N4/c1-2-15-6-7-17(13-15,14-18)21-11-9-20(10-12-21)16-5-3-4-8-19-16/h3-5,8,15H,2,6-7,9-14,18H2,1H3. The van der Waals surface area contributed by atoms with Crippen molar-refractivity contribution in [3.63, 3.8) is 0 Å². The number of pyridine rings is 1. The first kappa shape index (κ1) is 14.8. The van der Waals surface area contributed by atoms with E-state index in [0.717, 1.165) is 44.5 Å². The minimum Gasteiger partial charge on any atom is -0.354 e. The normalized spacial score (nSPS) is 30.8. The minimum atomic E-state index is 0.275. The highest BCUT2D eigenvalue weighted by Crippen LogP contribution is 2.40. The molecule has 4 heteroatoms. The van der Waals surface area contributed by atoms with Crippen LogP contribution < -0.4 is 10.6 Å². The summed E-state index contributed by atoms with van der Waals surface area (Å²) >= 11 is 0. The molecule has 21 heavy (non-hydrogen) atoms. The van der Waals surface area contributed by atoms with E-state index in [2.05, 4.69) is 33.8 Å². The molecule has 0 spiro atoms.